The number of carbonyl (C=O) groups excluding carboxylic acids is 1. The summed E-state index contributed by atoms with van der Waals surface area (Å²) in [6.45, 7) is 0.725. The molecule has 3 aromatic carbocycles. The second-order valence-electron chi connectivity index (χ2n) is 7.51. The maximum atomic E-state index is 12.7. The highest BCUT2D eigenvalue weighted by Gasteiger charge is 2.15. The van der Waals surface area contributed by atoms with E-state index in [1.165, 1.54) is 32.1 Å². The highest BCUT2D eigenvalue weighted by molar-refractivity contribution is 6.08. The fraction of sp³-hybridized carbons (Fsp3) is 0.292. The highest BCUT2D eigenvalue weighted by Crippen LogP contribution is 2.27. The number of anilines is 1. The van der Waals surface area contributed by atoms with Gasteiger partial charge in [-0.05, 0) is 53.8 Å². The van der Waals surface area contributed by atoms with E-state index in [-0.39, 0.29) is 17.2 Å². The summed E-state index contributed by atoms with van der Waals surface area (Å²) < 4.78 is 5.95. The number of amides is 1. The van der Waals surface area contributed by atoms with Gasteiger partial charge in [-0.15, -0.1) is 0 Å². The Morgan fingerprint density at radius 2 is 1.71 bits per heavy atom. The third-order valence-electron chi connectivity index (χ3n) is 5.41. The van der Waals surface area contributed by atoms with Gasteiger partial charge in [-0.2, -0.15) is 0 Å². The minimum absolute atomic E-state index is 0.0269. The van der Waals surface area contributed by atoms with Crippen molar-refractivity contribution in [2.45, 2.75) is 32.1 Å². The smallest absolute Gasteiger partial charge is 0.259 e. The topological polar surface area (TPSA) is 58.6 Å². The molecule has 0 unspecified atom stereocenters. The lowest BCUT2D eigenvalue weighted by Gasteiger charge is -2.21. The molecule has 28 heavy (non-hydrogen) atoms. The van der Waals surface area contributed by atoms with Crippen molar-refractivity contribution in [1.29, 1.82) is 0 Å². The van der Waals surface area contributed by atoms with Crippen LogP contribution in [0.1, 0.15) is 42.5 Å². The van der Waals surface area contributed by atoms with Gasteiger partial charge in [-0.3, -0.25) is 4.79 Å². The summed E-state index contributed by atoms with van der Waals surface area (Å²) in [4.78, 5) is 12.7. The van der Waals surface area contributed by atoms with Crippen LogP contribution in [-0.2, 0) is 0 Å². The predicted molar refractivity (Wildman–Crippen MR) is 112 cm³/mol. The molecule has 1 aliphatic carbocycles. The van der Waals surface area contributed by atoms with E-state index in [2.05, 4.69) is 5.32 Å². The van der Waals surface area contributed by atoms with Gasteiger partial charge in [0.05, 0.1) is 12.2 Å². The molecule has 1 fully saturated rings. The molecule has 0 atom stereocenters. The van der Waals surface area contributed by atoms with Gasteiger partial charge in [0, 0.05) is 11.8 Å². The molecule has 1 aliphatic rings. The zero-order valence-electron chi connectivity index (χ0n) is 15.9. The van der Waals surface area contributed by atoms with Crippen LogP contribution in [-0.4, -0.2) is 17.6 Å². The summed E-state index contributed by atoms with van der Waals surface area (Å²) in [5, 5.41) is 14.9. The maximum Gasteiger partial charge on any atom is 0.259 e. The van der Waals surface area contributed by atoms with Gasteiger partial charge in [-0.1, -0.05) is 49.6 Å². The van der Waals surface area contributed by atoms with Gasteiger partial charge in [-0.25, -0.2) is 0 Å². The van der Waals surface area contributed by atoms with Crippen molar-refractivity contribution in [3.8, 4) is 11.5 Å². The zero-order valence-corrected chi connectivity index (χ0v) is 15.9. The Hall–Kier alpha value is -3.01. The van der Waals surface area contributed by atoms with Gasteiger partial charge >= 0.3 is 0 Å². The summed E-state index contributed by atoms with van der Waals surface area (Å²) in [6, 6.07) is 18.4. The van der Waals surface area contributed by atoms with Crippen LogP contribution in [0.5, 0.6) is 11.5 Å². The van der Waals surface area contributed by atoms with Crippen LogP contribution >= 0.6 is 0 Å². The number of phenols is 1. The van der Waals surface area contributed by atoms with Crippen molar-refractivity contribution in [3.63, 3.8) is 0 Å². The summed E-state index contributed by atoms with van der Waals surface area (Å²) in [6.07, 6.45) is 6.38. The molecule has 0 aromatic heterocycles. The quantitative estimate of drug-likeness (QED) is 0.596. The molecule has 4 nitrogen and oxygen atoms in total. The first-order chi connectivity index (χ1) is 13.7. The van der Waals surface area contributed by atoms with Crippen LogP contribution in [0, 0.1) is 5.92 Å². The van der Waals surface area contributed by atoms with Crippen molar-refractivity contribution in [2.24, 2.45) is 5.92 Å². The van der Waals surface area contributed by atoms with E-state index >= 15 is 0 Å². The lowest BCUT2D eigenvalue weighted by atomic mass is 9.90. The van der Waals surface area contributed by atoms with Crippen LogP contribution in [0.2, 0.25) is 0 Å². The van der Waals surface area contributed by atoms with Crippen LogP contribution in [0.3, 0.4) is 0 Å². The molecule has 0 spiro atoms. The molecule has 4 rings (SSSR count). The molecule has 1 saturated carbocycles. The number of benzene rings is 3. The molecular formula is C24H25NO3. The maximum absolute atomic E-state index is 12.7. The SMILES string of the molecule is O=C(Nc1cccc(OCC2CCCCC2)c1)c1cc2ccccc2cc1O. The van der Waals surface area contributed by atoms with Gasteiger partial charge < -0.3 is 15.2 Å². The van der Waals surface area contributed by atoms with Crippen LogP contribution in [0.15, 0.2) is 60.7 Å². The van der Waals surface area contributed by atoms with E-state index in [1.54, 1.807) is 12.1 Å². The molecule has 0 radical (unpaired) electrons. The first-order valence-corrected chi connectivity index (χ1v) is 9.95. The van der Waals surface area contributed by atoms with Gasteiger partial charge in [0.25, 0.3) is 5.91 Å². The first-order valence-electron chi connectivity index (χ1n) is 9.95. The lowest BCUT2D eigenvalue weighted by Crippen LogP contribution is -2.15. The molecule has 2 N–H and O–H groups in total. The Kier molecular flexibility index (Phi) is 5.47. The first kappa shape index (κ1) is 18.4. The molecule has 0 bridgehead atoms. The number of rotatable bonds is 5. The Balaban J connectivity index is 1.45. The summed E-state index contributed by atoms with van der Waals surface area (Å²) >= 11 is 0. The van der Waals surface area contributed by atoms with E-state index in [0.717, 1.165) is 23.1 Å². The molecule has 0 heterocycles. The largest absolute Gasteiger partial charge is 0.507 e. The molecule has 3 aromatic rings. The number of nitrogens with one attached hydrogen (secondary N) is 1. The summed E-state index contributed by atoms with van der Waals surface area (Å²) in [7, 11) is 0. The van der Waals surface area contributed by atoms with Gasteiger partial charge in [0.15, 0.2) is 0 Å². The van der Waals surface area contributed by atoms with Gasteiger partial charge in [0.2, 0.25) is 0 Å². The Morgan fingerprint density at radius 1 is 0.964 bits per heavy atom. The Bertz CT molecular complexity index is 977. The van der Waals surface area contributed by atoms with Crippen molar-refractivity contribution in [3.05, 3.63) is 66.2 Å². The van der Waals surface area contributed by atoms with E-state index < -0.39 is 0 Å². The molecule has 0 saturated heterocycles. The van der Waals surface area contributed by atoms with Crippen LogP contribution < -0.4 is 10.1 Å². The second kappa shape index (κ2) is 8.34. The number of aromatic hydroxyl groups is 1. The summed E-state index contributed by atoms with van der Waals surface area (Å²) in [5.41, 5.74) is 0.908. The predicted octanol–water partition coefficient (Wildman–Crippen LogP) is 5.76. The monoisotopic (exact) mass is 375 g/mol. The van der Waals surface area contributed by atoms with E-state index in [4.69, 9.17) is 4.74 Å². The van der Waals surface area contributed by atoms with Crippen molar-refractivity contribution < 1.29 is 14.6 Å². The van der Waals surface area contributed by atoms with Crippen molar-refractivity contribution in [1.82, 2.24) is 0 Å². The van der Waals surface area contributed by atoms with Gasteiger partial charge in [0.1, 0.15) is 11.5 Å². The molecule has 1 amide bonds. The van der Waals surface area contributed by atoms with Crippen LogP contribution in [0.4, 0.5) is 5.69 Å². The zero-order chi connectivity index (χ0) is 19.3. The van der Waals surface area contributed by atoms with Crippen LogP contribution in [0.25, 0.3) is 10.8 Å². The van der Waals surface area contributed by atoms with Crippen molar-refractivity contribution >= 4 is 22.4 Å². The third kappa shape index (κ3) is 4.28. The standard InChI is InChI=1S/C24H25NO3/c26-23-14-19-10-5-4-9-18(19)13-22(23)24(27)25-20-11-6-12-21(15-20)28-16-17-7-2-1-3-8-17/h4-6,9-15,17,26H,1-3,7-8,16H2,(H,25,27). The number of carbonyl (C=O) groups is 1. The molecule has 144 valence electrons. The third-order valence-corrected chi connectivity index (χ3v) is 5.41. The minimum atomic E-state index is -0.340. The normalized spacial score (nSPS) is 14.7. The number of hydrogen-bond acceptors (Lipinski definition) is 3. The second-order valence-corrected chi connectivity index (χ2v) is 7.51. The highest BCUT2D eigenvalue weighted by atomic mass is 16.5. The molecular weight excluding hydrogens is 350 g/mol. The average Bonchev–Trinajstić information content (AvgIpc) is 2.73. The molecule has 0 aliphatic heterocycles. The Labute approximate surface area is 165 Å². The number of phenolic OH excluding ortho intramolecular Hbond substituents is 1. The molecule has 4 heteroatoms. The number of fused-ring (bicyclic) bond motifs is 1. The Morgan fingerprint density at radius 3 is 2.50 bits per heavy atom. The average molecular weight is 375 g/mol. The van der Waals surface area contributed by atoms with E-state index in [1.807, 2.05) is 48.5 Å². The minimum Gasteiger partial charge on any atom is -0.507 e. The number of ether oxygens (including phenoxy) is 1. The van der Waals surface area contributed by atoms with E-state index in [0.29, 0.717) is 11.6 Å². The van der Waals surface area contributed by atoms with E-state index in [9.17, 15) is 9.90 Å². The van der Waals surface area contributed by atoms with Crippen molar-refractivity contribution in [2.75, 3.05) is 11.9 Å². The fourth-order valence-electron chi connectivity index (χ4n) is 3.84. The lowest BCUT2D eigenvalue weighted by molar-refractivity contribution is 0.102. The fourth-order valence-corrected chi connectivity index (χ4v) is 3.84. The summed E-state index contributed by atoms with van der Waals surface area (Å²) in [5.74, 6) is 1.02. The number of hydrogen-bond donors (Lipinski definition) is 2.